The third-order valence-electron chi connectivity index (χ3n) is 4.07. The molecule has 0 aromatic heterocycles. The van der Waals surface area contributed by atoms with E-state index in [1.165, 1.54) is 24.1 Å². The first-order valence-corrected chi connectivity index (χ1v) is 13.5. The SMILES string of the molecule is C[Si]1(C)CCC[Si](C)(C)C1=[C+]c1ccc(Cl)cc1. The maximum atomic E-state index is 5.95. The Morgan fingerprint density at radius 2 is 1.44 bits per heavy atom. The lowest BCUT2D eigenvalue weighted by molar-refractivity contribution is 0.996. The van der Waals surface area contributed by atoms with Crippen molar-refractivity contribution in [2.24, 2.45) is 0 Å². The zero-order valence-corrected chi connectivity index (χ0v) is 14.6. The number of halogens is 1. The average Bonchev–Trinajstić information content (AvgIpc) is 2.25. The van der Waals surface area contributed by atoms with Crippen LogP contribution in [0.4, 0.5) is 0 Å². The van der Waals surface area contributed by atoms with Gasteiger partial charge in [-0.3, -0.25) is 0 Å². The van der Waals surface area contributed by atoms with E-state index in [9.17, 15) is 0 Å². The van der Waals surface area contributed by atoms with Crippen LogP contribution in [0, 0.1) is 6.08 Å². The van der Waals surface area contributed by atoms with Crippen molar-refractivity contribution < 1.29 is 0 Å². The second-order valence-corrected chi connectivity index (χ2v) is 17.1. The van der Waals surface area contributed by atoms with E-state index in [0.717, 1.165) is 5.02 Å². The van der Waals surface area contributed by atoms with Gasteiger partial charge >= 0.3 is 0 Å². The summed E-state index contributed by atoms with van der Waals surface area (Å²) in [4.78, 5) is 1.73. The minimum Gasteiger partial charge on any atom is -0.0818 e. The van der Waals surface area contributed by atoms with Gasteiger partial charge in [-0.05, 0) is 0 Å². The molecule has 0 bridgehead atoms. The summed E-state index contributed by atoms with van der Waals surface area (Å²) in [6.07, 6.45) is 5.20. The van der Waals surface area contributed by atoms with Crippen LogP contribution < -0.4 is 0 Å². The van der Waals surface area contributed by atoms with Gasteiger partial charge in [0.05, 0.1) is 33.3 Å². The summed E-state index contributed by atoms with van der Waals surface area (Å²) in [5.41, 5.74) is 1.21. The minimum absolute atomic E-state index is 0.808. The van der Waals surface area contributed by atoms with Crippen LogP contribution in [0.3, 0.4) is 0 Å². The molecule has 0 unspecified atom stereocenters. The van der Waals surface area contributed by atoms with Gasteiger partial charge in [0.2, 0.25) is 0 Å². The summed E-state index contributed by atoms with van der Waals surface area (Å²) in [7, 11) is -2.43. The van der Waals surface area contributed by atoms with Crippen molar-refractivity contribution in [3.63, 3.8) is 0 Å². The van der Waals surface area contributed by atoms with Crippen LogP contribution in [0.15, 0.2) is 29.1 Å². The van der Waals surface area contributed by atoms with Gasteiger partial charge in [-0.15, -0.1) is 0 Å². The van der Waals surface area contributed by atoms with Crippen molar-refractivity contribution >= 4 is 27.7 Å². The molecule has 96 valence electrons. The Morgan fingerprint density at radius 3 is 1.94 bits per heavy atom. The first-order valence-electron chi connectivity index (χ1n) is 6.72. The molecule has 1 heterocycles. The van der Waals surface area contributed by atoms with Gasteiger partial charge in [-0.25, -0.2) is 0 Å². The largest absolute Gasteiger partial charge is 0.187 e. The van der Waals surface area contributed by atoms with Crippen LogP contribution in [0.5, 0.6) is 0 Å². The molecule has 0 atom stereocenters. The fourth-order valence-electron chi connectivity index (χ4n) is 3.15. The molecule has 1 aliphatic heterocycles. The van der Waals surface area contributed by atoms with Crippen LogP contribution in [0.1, 0.15) is 12.0 Å². The molecule has 1 aromatic rings. The topological polar surface area (TPSA) is 0 Å². The molecule has 0 amide bonds. The van der Waals surface area contributed by atoms with Crippen LogP contribution in [0.25, 0.3) is 0 Å². The van der Waals surface area contributed by atoms with Crippen molar-refractivity contribution in [1.29, 1.82) is 0 Å². The van der Waals surface area contributed by atoms with Crippen LogP contribution >= 0.6 is 11.6 Å². The number of rotatable bonds is 1. The molecule has 1 saturated heterocycles. The van der Waals surface area contributed by atoms with Crippen LogP contribution in [-0.4, -0.2) is 16.1 Å². The van der Waals surface area contributed by atoms with E-state index in [-0.39, 0.29) is 0 Å². The van der Waals surface area contributed by atoms with Gasteiger partial charge in [-0.2, -0.15) is 0 Å². The average molecular weight is 294 g/mol. The van der Waals surface area contributed by atoms with Crippen LogP contribution in [0.2, 0.25) is 43.3 Å². The quantitative estimate of drug-likeness (QED) is 0.486. The van der Waals surface area contributed by atoms with Crippen molar-refractivity contribution in [2.45, 2.75) is 44.7 Å². The lowest BCUT2D eigenvalue weighted by atomic mass is 10.2. The molecule has 0 N–H and O–H groups in total. The second kappa shape index (κ2) is 4.94. The summed E-state index contributed by atoms with van der Waals surface area (Å²) in [5, 5.41) is 0.808. The van der Waals surface area contributed by atoms with Gasteiger partial charge in [0.25, 0.3) is 0 Å². The normalized spacial score (nSPS) is 21.5. The Labute approximate surface area is 118 Å². The molecule has 1 fully saturated rings. The van der Waals surface area contributed by atoms with E-state index >= 15 is 0 Å². The number of hydrogen-bond donors (Lipinski definition) is 0. The molecule has 2 rings (SSSR count). The zero-order chi connectivity index (χ0) is 13.4. The highest BCUT2D eigenvalue weighted by Gasteiger charge is 2.44. The van der Waals surface area contributed by atoms with E-state index in [1.807, 2.05) is 12.1 Å². The lowest BCUT2D eigenvalue weighted by Crippen LogP contribution is -2.48. The summed E-state index contributed by atoms with van der Waals surface area (Å²) >= 11 is 5.95. The number of benzene rings is 1. The standard InChI is InChI=1S/C15H22ClSi2/c1-17(2)10-5-11-18(3,4)15(17)12-13-6-8-14(16)9-7-13/h6-9H,5,10-11H2,1-4H3/q+1. The fourth-order valence-corrected chi connectivity index (χ4v) is 15.3. The van der Waals surface area contributed by atoms with Crippen molar-refractivity contribution in [3.8, 4) is 0 Å². The predicted octanol–water partition coefficient (Wildman–Crippen LogP) is 5.32. The summed E-state index contributed by atoms with van der Waals surface area (Å²) in [6, 6.07) is 11.0. The van der Waals surface area contributed by atoms with E-state index in [2.05, 4.69) is 44.4 Å². The first kappa shape index (κ1) is 14.0. The van der Waals surface area contributed by atoms with Gasteiger partial charge in [0.1, 0.15) is 0 Å². The smallest absolute Gasteiger partial charge is 0.0818 e. The highest BCUT2D eigenvalue weighted by molar-refractivity contribution is 7.06. The maximum absolute atomic E-state index is 5.95. The summed E-state index contributed by atoms with van der Waals surface area (Å²) < 4.78 is 0. The van der Waals surface area contributed by atoms with Crippen LogP contribution in [-0.2, 0) is 0 Å². The molecular weight excluding hydrogens is 272 g/mol. The third kappa shape index (κ3) is 2.94. The molecule has 0 nitrogen and oxygen atoms in total. The zero-order valence-electron chi connectivity index (χ0n) is 11.8. The second-order valence-electron chi connectivity index (χ2n) is 6.63. The first-order chi connectivity index (χ1) is 8.31. The molecule has 0 radical (unpaired) electrons. The molecule has 1 aliphatic rings. The molecule has 3 heteroatoms. The Morgan fingerprint density at radius 1 is 0.944 bits per heavy atom. The van der Waals surface area contributed by atoms with Crippen molar-refractivity contribution in [1.82, 2.24) is 0 Å². The van der Waals surface area contributed by atoms with E-state index in [1.54, 1.807) is 4.82 Å². The van der Waals surface area contributed by atoms with Crippen molar-refractivity contribution in [3.05, 3.63) is 45.7 Å². The summed E-state index contributed by atoms with van der Waals surface area (Å²) in [5.74, 6) is 0. The molecule has 0 aliphatic carbocycles. The Hall–Kier alpha value is -0.406. The molecule has 0 saturated carbocycles. The Bertz CT molecular complexity index is 440. The minimum atomic E-state index is -1.22. The molecule has 18 heavy (non-hydrogen) atoms. The van der Waals surface area contributed by atoms with E-state index in [0.29, 0.717) is 0 Å². The fraction of sp³-hybridized carbons (Fsp3) is 0.467. The number of hydrogen-bond acceptors (Lipinski definition) is 0. The van der Waals surface area contributed by atoms with Crippen molar-refractivity contribution in [2.75, 3.05) is 0 Å². The van der Waals surface area contributed by atoms with Gasteiger partial charge in [-0.1, -0.05) is 56.3 Å². The summed E-state index contributed by atoms with van der Waals surface area (Å²) in [6.45, 7) is 10.1. The molecular formula is C15H22ClSi2+. The monoisotopic (exact) mass is 293 g/mol. The highest BCUT2D eigenvalue weighted by Crippen LogP contribution is 2.39. The van der Waals surface area contributed by atoms with Gasteiger partial charge < -0.3 is 0 Å². The maximum Gasteiger partial charge on any atom is 0.187 e. The predicted molar refractivity (Wildman–Crippen MR) is 86.5 cm³/mol. The lowest BCUT2D eigenvalue weighted by Gasteiger charge is -2.38. The Kier molecular flexibility index (Phi) is 3.84. The third-order valence-corrected chi connectivity index (χ3v) is 14.5. The van der Waals surface area contributed by atoms with E-state index in [4.69, 9.17) is 11.6 Å². The highest BCUT2D eigenvalue weighted by atomic mass is 35.5. The van der Waals surface area contributed by atoms with E-state index < -0.39 is 16.1 Å². The van der Waals surface area contributed by atoms with Gasteiger partial charge in [0, 0.05) is 23.0 Å². The molecule has 0 spiro atoms. The molecule has 1 aromatic carbocycles. The van der Waals surface area contributed by atoms with Gasteiger partial charge in [0.15, 0.2) is 5.56 Å². The Balaban J connectivity index is 2.41.